The minimum atomic E-state index is -0.399. The van der Waals surface area contributed by atoms with Gasteiger partial charge in [0.25, 0.3) is 5.69 Å². The zero-order valence-corrected chi connectivity index (χ0v) is 15.5. The highest BCUT2D eigenvalue weighted by atomic mass is 16.6. The van der Waals surface area contributed by atoms with Crippen molar-refractivity contribution >= 4 is 16.6 Å². The molecule has 1 heterocycles. The molecule has 1 aromatic heterocycles. The van der Waals surface area contributed by atoms with Crippen molar-refractivity contribution in [3.63, 3.8) is 0 Å². The maximum Gasteiger partial charge on any atom is 0.270 e. The van der Waals surface area contributed by atoms with E-state index in [0.717, 1.165) is 22.3 Å². The Hall–Kier alpha value is -3.73. The first-order chi connectivity index (χ1) is 13.5. The number of rotatable bonds is 3. The molecule has 5 heteroatoms. The summed E-state index contributed by atoms with van der Waals surface area (Å²) in [5.41, 5.74) is 5.69. The number of pyridine rings is 1. The fraction of sp³-hybridized carbons (Fsp3) is 0.0870. The lowest BCUT2D eigenvalue weighted by molar-refractivity contribution is -0.384. The lowest BCUT2D eigenvalue weighted by Crippen LogP contribution is -1.97. The molecule has 5 nitrogen and oxygen atoms in total. The lowest BCUT2D eigenvalue weighted by atomic mass is 9.92. The molecule has 0 amide bonds. The van der Waals surface area contributed by atoms with Crippen LogP contribution in [0.2, 0.25) is 0 Å². The predicted octanol–water partition coefficient (Wildman–Crippen LogP) is 5.80. The Morgan fingerprint density at radius 2 is 1.71 bits per heavy atom. The first kappa shape index (κ1) is 17.7. The van der Waals surface area contributed by atoms with Crippen LogP contribution >= 0.6 is 0 Å². The Balaban J connectivity index is 2.12. The van der Waals surface area contributed by atoms with Crippen molar-refractivity contribution in [2.45, 2.75) is 13.8 Å². The van der Waals surface area contributed by atoms with Crippen LogP contribution in [0.15, 0.2) is 66.7 Å². The number of aromatic nitrogens is 1. The number of hydrogen-bond acceptors (Lipinski definition) is 4. The van der Waals surface area contributed by atoms with E-state index in [1.165, 1.54) is 6.07 Å². The molecular formula is C23H18N2O3. The number of phenolic OH excluding ortho intramolecular Hbond substituents is 1. The number of fused-ring (bicyclic) bond motifs is 1. The number of phenols is 1. The van der Waals surface area contributed by atoms with E-state index in [1.54, 1.807) is 18.2 Å². The van der Waals surface area contributed by atoms with E-state index < -0.39 is 4.92 Å². The molecule has 0 aliphatic carbocycles. The average molecular weight is 370 g/mol. The van der Waals surface area contributed by atoms with Crippen molar-refractivity contribution in [3.05, 3.63) is 88.0 Å². The van der Waals surface area contributed by atoms with Crippen LogP contribution in [0.4, 0.5) is 5.69 Å². The van der Waals surface area contributed by atoms with Gasteiger partial charge in [-0.1, -0.05) is 42.0 Å². The normalized spacial score (nSPS) is 10.9. The first-order valence-corrected chi connectivity index (χ1v) is 8.90. The number of hydrogen-bond donors (Lipinski definition) is 1. The zero-order valence-electron chi connectivity index (χ0n) is 15.5. The van der Waals surface area contributed by atoms with E-state index in [1.807, 2.05) is 56.3 Å². The van der Waals surface area contributed by atoms with Crippen molar-refractivity contribution in [2.75, 3.05) is 0 Å². The topological polar surface area (TPSA) is 76.3 Å². The van der Waals surface area contributed by atoms with Crippen LogP contribution in [0.5, 0.6) is 5.75 Å². The van der Waals surface area contributed by atoms with Gasteiger partial charge >= 0.3 is 0 Å². The zero-order chi connectivity index (χ0) is 19.8. The third-order valence-corrected chi connectivity index (χ3v) is 4.89. The van der Waals surface area contributed by atoms with Gasteiger partial charge in [-0.05, 0) is 48.7 Å². The van der Waals surface area contributed by atoms with Gasteiger partial charge in [-0.25, -0.2) is 4.98 Å². The van der Waals surface area contributed by atoms with Gasteiger partial charge < -0.3 is 5.11 Å². The van der Waals surface area contributed by atoms with E-state index in [2.05, 4.69) is 0 Å². The molecule has 0 aliphatic heterocycles. The smallest absolute Gasteiger partial charge is 0.270 e. The van der Waals surface area contributed by atoms with E-state index in [9.17, 15) is 15.2 Å². The molecule has 0 unspecified atom stereocenters. The standard InChI is InChI=1S/C23H18N2O3/c1-14-8-11-21(26)19(12-14)23-15(2)22(16-6-4-3-5-7-16)18-13-17(25(27)28)9-10-20(18)24-23/h3-13,26H,1-2H3. The molecule has 0 saturated carbocycles. The summed E-state index contributed by atoms with van der Waals surface area (Å²) in [5, 5.41) is 22.5. The summed E-state index contributed by atoms with van der Waals surface area (Å²) < 4.78 is 0. The number of aromatic hydroxyl groups is 1. The third kappa shape index (κ3) is 2.97. The summed E-state index contributed by atoms with van der Waals surface area (Å²) >= 11 is 0. The van der Waals surface area contributed by atoms with Crippen molar-refractivity contribution < 1.29 is 10.0 Å². The number of nitro groups is 1. The summed E-state index contributed by atoms with van der Waals surface area (Å²) in [6.07, 6.45) is 0. The van der Waals surface area contributed by atoms with E-state index in [0.29, 0.717) is 22.2 Å². The molecule has 4 aromatic rings. The fourth-order valence-electron chi connectivity index (χ4n) is 3.54. The van der Waals surface area contributed by atoms with Gasteiger partial charge in [0.15, 0.2) is 0 Å². The van der Waals surface area contributed by atoms with Crippen LogP contribution < -0.4 is 0 Å². The summed E-state index contributed by atoms with van der Waals surface area (Å²) in [7, 11) is 0. The van der Waals surface area contributed by atoms with E-state index >= 15 is 0 Å². The maximum atomic E-state index is 11.3. The SMILES string of the molecule is Cc1ccc(O)c(-c2nc3ccc([N+](=O)[O-])cc3c(-c3ccccc3)c2C)c1. The van der Waals surface area contributed by atoms with Gasteiger partial charge in [0.1, 0.15) is 5.75 Å². The van der Waals surface area contributed by atoms with Gasteiger partial charge in [0.2, 0.25) is 0 Å². The molecule has 0 fully saturated rings. The summed E-state index contributed by atoms with van der Waals surface area (Å²) in [6.45, 7) is 3.89. The van der Waals surface area contributed by atoms with E-state index in [-0.39, 0.29) is 11.4 Å². The van der Waals surface area contributed by atoms with Crippen LogP contribution in [-0.4, -0.2) is 15.0 Å². The first-order valence-electron chi connectivity index (χ1n) is 8.90. The van der Waals surface area contributed by atoms with Crippen molar-refractivity contribution in [3.8, 4) is 28.1 Å². The minimum absolute atomic E-state index is 0.0250. The highest BCUT2D eigenvalue weighted by Gasteiger charge is 2.19. The van der Waals surface area contributed by atoms with Crippen LogP contribution in [-0.2, 0) is 0 Å². The number of non-ortho nitro benzene ring substituents is 1. The molecule has 4 rings (SSSR count). The predicted molar refractivity (Wildman–Crippen MR) is 110 cm³/mol. The maximum absolute atomic E-state index is 11.3. The third-order valence-electron chi connectivity index (χ3n) is 4.89. The molecule has 3 aromatic carbocycles. The molecule has 28 heavy (non-hydrogen) atoms. The summed E-state index contributed by atoms with van der Waals surface area (Å²) in [4.78, 5) is 15.7. The number of benzene rings is 3. The number of aryl methyl sites for hydroxylation is 1. The van der Waals surface area contributed by atoms with Crippen molar-refractivity contribution in [1.29, 1.82) is 0 Å². The second-order valence-corrected chi connectivity index (χ2v) is 6.81. The quantitative estimate of drug-likeness (QED) is 0.365. The molecule has 1 N–H and O–H groups in total. The molecule has 0 bridgehead atoms. The molecule has 0 spiro atoms. The monoisotopic (exact) mass is 370 g/mol. The van der Waals surface area contributed by atoms with Crippen molar-refractivity contribution in [1.82, 2.24) is 4.98 Å². The Labute approximate surface area is 162 Å². The van der Waals surface area contributed by atoms with Crippen LogP contribution in [0, 0.1) is 24.0 Å². The Kier molecular flexibility index (Phi) is 4.28. The Bertz CT molecular complexity index is 1220. The highest BCUT2D eigenvalue weighted by molar-refractivity contribution is 6.00. The summed E-state index contributed by atoms with van der Waals surface area (Å²) in [5.74, 6) is 0.154. The van der Waals surface area contributed by atoms with E-state index in [4.69, 9.17) is 4.98 Å². The Morgan fingerprint density at radius 1 is 0.964 bits per heavy atom. The minimum Gasteiger partial charge on any atom is -0.507 e. The van der Waals surface area contributed by atoms with Crippen LogP contribution in [0.25, 0.3) is 33.3 Å². The van der Waals surface area contributed by atoms with Gasteiger partial charge in [-0.3, -0.25) is 10.1 Å². The molecule has 0 aliphatic rings. The molecule has 0 atom stereocenters. The highest BCUT2D eigenvalue weighted by Crippen LogP contribution is 2.40. The fourth-order valence-corrected chi connectivity index (χ4v) is 3.54. The molecule has 0 radical (unpaired) electrons. The number of nitrogens with zero attached hydrogens (tertiary/aromatic N) is 2. The summed E-state index contributed by atoms with van der Waals surface area (Å²) in [6, 6.07) is 19.8. The van der Waals surface area contributed by atoms with Crippen molar-refractivity contribution in [2.24, 2.45) is 0 Å². The largest absolute Gasteiger partial charge is 0.507 e. The lowest BCUT2D eigenvalue weighted by Gasteiger charge is -2.16. The molecule has 0 saturated heterocycles. The van der Waals surface area contributed by atoms with Crippen LogP contribution in [0.3, 0.4) is 0 Å². The van der Waals surface area contributed by atoms with Gasteiger partial charge in [0, 0.05) is 23.1 Å². The van der Waals surface area contributed by atoms with Gasteiger partial charge in [0.05, 0.1) is 16.1 Å². The molecule has 138 valence electrons. The second kappa shape index (κ2) is 6.78. The molecular weight excluding hydrogens is 352 g/mol. The van der Waals surface area contributed by atoms with Gasteiger partial charge in [-0.2, -0.15) is 0 Å². The average Bonchev–Trinajstić information content (AvgIpc) is 2.69. The second-order valence-electron chi connectivity index (χ2n) is 6.81. The van der Waals surface area contributed by atoms with Crippen LogP contribution in [0.1, 0.15) is 11.1 Å². The number of nitro benzene ring substituents is 1. The van der Waals surface area contributed by atoms with Gasteiger partial charge in [-0.15, -0.1) is 0 Å². The Morgan fingerprint density at radius 3 is 2.43 bits per heavy atom.